The monoisotopic (exact) mass is 517 g/mol. The van der Waals surface area contributed by atoms with Crippen LogP contribution in [-0.2, 0) is 20.6 Å². The van der Waals surface area contributed by atoms with Crippen molar-refractivity contribution in [2.75, 3.05) is 4.90 Å². The number of hydrogen-bond acceptors (Lipinski definition) is 5. The van der Waals surface area contributed by atoms with Gasteiger partial charge in [-0.3, -0.25) is 19.3 Å². The molecule has 0 saturated carbocycles. The number of aliphatic carboxylic acids is 3. The summed E-state index contributed by atoms with van der Waals surface area (Å²) in [4.78, 5) is 49.7. The van der Waals surface area contributed by atoms with Gasteiger partial charge in [-0.05, 0) is 48.4 Å². The highest BCUT2D eigenvalue weighted by atomic mass is 19.4. The second-order valence-electron chi connectivity index (χ2n) is 8.11. The Hall–Kier alpha value is -4.86. The maximum Gasteiger partial charge on any atom is 0.416 e. The van der Waals surface area contributed by atoms with Gasteiger partial charge in [-0.15, -0.1) is 0 Å². The van der Waals surface area contributed by atoms with Crippen molar-refractivity contribution in [2.45, 2.75) is 25.6 Å². The fraction of sp³-hybridized carbons (Fsp3) is 0.208. The number of rotatable bonds is 7. The van der Waals surface area contributed by atoms with E-state index in [0.29, 0.717) is 6.07 Å². The molecule has 4 N–H and O–H groups in total. The number of carboxylic acids is 3. The third kappa shape index (κ3) is 4.81. The van der Waals surface area contributed by atoms with Crippen molar-refractivity contribution in [3.63, 3.8) is 0 Å². The summed E-state index contributed by atoms with van der Waals surface area (Å²) in [6.07, 6.45) is -5.89. The zero-order chi connectivity index (χ0) is 27.7. The lowest BCUT2D eigenvalue weighted by Gasteiger charge is -2.38. The van der Waals surface area contributed by atoms with Crippen LogP contribution in [0.5, 0.6) is 0 Å². The van der Waals surface area contributed by atoms with Crippen molar-refractivity contribution in [3.8, 4) is 6.07 Å². The summed E-state index contributed by atoms with van der Waals surface area (Å²) in [5.41, 5.74) is -4.60. The van der Waals surface area contributed by atoms with Gasteiger partial charge in [-0.2, -0.15) is 18.4 Å². The number of amides is 2. The summed E-state index contributed by atoms with van der Waals surface area (Å²) in [6.45, 7) is 1.24. The average molecular weight is 517 g/mol. The number of nitriles is 1. The fourth-order valence-electron chi connectivity index (χ4n) is 3.96. The molecule has 13 heteroatoms. The van der Waals surface area contributed by atoms with E-state index < -0.39 is 53.6 Å². The number of carbonyl (C=O) groups is 4. The van der Waals surface area contributed by atoms with E-state index >= 15 is 0 Å². The minimum Gasteiger partial charge on any atom is -0.480 e. The van der Waals surface area contributed by atoms with Crippen LogP contribution < -0.4 is 10.2 Å². The van der Waals surface area contributed by atoms with Gasteiger partial charge in [0.2, 0.25) is 0 Å². The molecule has 0 fully saturated rings. The van der Waals surface area contributed by atoms with Gasteiger partial charge in [0.1, 0.15) is 0 Å². The van der Waals surface area contributed by atoms with Crippen molar-refractivity contribution in [2.24, 2.45) is 5.41 Å². The summed E-state index contributed by atoms with van der Waals surface area (Å²) in [7, 11) is 0. The van der Waals surface area contributed by atoms with Crippen molar-refractivity contribution < 1.29 is 47.7 Å². The highest BCUT2D eigenvalue weighted by Crippen LogP contribution is 2.41. The van der Waals surface area contributed by atoms with E-state index in [1.165, 1.54) is 37.3 Å². The van der Waals surface area contributed by atoms with Crippen molar-refractivity contribution in [1.82, 2.24) is 5.32 Å². The number of alkyl halides is 3. The summed E-state index contributed by atoms with van der Waals surface area (Å²) in [6, 6.07) is 8.88. The van der Waals surface area contributed by atoms with Crippen molar-refractivity contribution in [3.05, 3.63) is 76.5 Å². The minimum atomic E-state index is -4.75. The molecule has 37 heavy (non-hydrogen) atoms. The number of nitrogens with zero attached hydrogens (tertiary/aromatic N) is 2. The predicted molar refractivity (Wildman–Crippen MR) is 119 cm³/mol. The Labute approximate surface area is 206 Å². The van der Waals surface area contributed by atoms with E-state index in [1.54, 1.807) is 0 Å². The van der Waals surface area contributed by atoms with Gasteiger partial charge < -0.3 is 20.6 Å². The van der Waals surface area contributed by atoms with E-state index in [-0.39, 0.29) is 28.1 Å². The molecule has 0 radical (unpaired) electrons. The Morgan fingerprint density at radius 1 is 1.03 bits per heavy atom. The first-order valence-electron chi connectivity index (χ1n) is 10.4. The highest BCUT2D eigenvalue weighted by molar-refractivity contribution is 6.16. The first-order chi connectivity index (χ1) is 17.2. The molecule has 1 aliphatic rings. The zero-order valence-corrected chi connectivity index (χ0v) is 18.9. The van der Waals surface area contributed by atoms with E-state index in [1.807, 2.05) is 6.07 Å². The van der Waals surface area contributed by atoms with Crippen LogP contribution in [0.15, 0.2) is 59.8 Å². The quantitative estimate of drug-likeness (QED) is 0.403. The molecule has 1 atom stereocenters. The Bertz CT molecular complexity index is 1320. The molecule has 192 valence electrons. The Kier molecular flexibility index (Phi) is 6.97. The number of halogens is 3. The molecule has 0 bridgehead atoms. The number of hydrogen-bond donors (Lipinski definition) is 4. The van der Waals surface area contributed by atoms with Crippen molar-refractivity contribution in [1.29, 1.82) is 5.26 Å². The number of nitrogens with one attached hydrogen (secondary N) is 1. The van der Waals surface area contributed by atoms with Gasteiger partial charge in [-0.1, -0.05) is 18.2 Å². The zero-order valence-electron chi connectivity index (χ0n) is 18.9. The van der Waals surface area contributed by atoms with Crippen LogP contribution in [-0.4, -0.2) is 39.3 Å². The molecule has 0 spiro atoms. The molecule has 2 amide bonds. The molecular formula is C24H18F3N3O7. The maximum atomic E-state index is 13.3. The molecule has 0 saturated heterocycles. The SMILES string of the molecule is CC1=C(CC(C(=O)O)(C(=O)O)C(=O)O)C(c2ccc(C#N)cc2)NC(=O)N1c1cccc(C(F)(F)F)c1. The van der Waals surface area contributed by atoms with Gasteiger partial charge >= 0.3 is 30.1 Å². The van der Waals surface area contributed by atoms with E-state index in [2.05, 4.69) is 5.32 Å². The maximum absolute atomic E-state index is 13.3. The number of urea groups is 1. The second-order valence-corrected chi connectivity index (χ2v) is 8.11. The lowest BCUT2D eigenvalue weighted by molar-refractivity contribution is -0.175. The second kappa shape index (κ2) is 9.65. The number of carbonyl (C=O) groups excluding carboxylic acids is 1. The first-order valence-corrected chi connectivity index (χ1v) is 10.4. The predicted octanol–water partition coefficient (Wildman–Crippen LogP) is 3.75. The summed E-state index contributed by atoms with van der Waals surface area (Å²) >= 11 is 0. The molecule has 3 rings (SSSR count). The van der Waals surface area contributed by atoms with Crippen LogP contribution in [0, 0.1) is 16.7 Å². The van der Waals surface area contributed by atoms with Gasteiger partial charge in [0.05, 0.1) is 28.9 Å². The van der Waals surface area contributed by atoms with Crippen LogP contribution in [0.1, 0.15) is 36.1 Å². The van der Waals surface area contributed by atoms with Crippen molar-refractivity contribution >= 4 is 29.6 Å². The largest absolute Gasteiger partial charge is 0.480 e. The van der Waals surface area contributed by atoms with Gasteiger partial charge in [0.25, 0.3) is 5.41 Å². The smallest absolute Gasteiger partial charge is 0.416 e. The Morgan fingerprint density at radius 2 is 1.59 bits per heavy atom. The number of anilines is 1. The standard InChI is InChI=1S/C24H18F3N3O7/c1-12-17(10-23(19(31)32,20(33)34)21(35)36)18(14-7-5-13(11-28)6-8-14)29-22(37)30(12)16-4-2-3-15(9-16)24(25,26)27/h2-9,18H,10H2,1H3,(H,29,37)(H,31,32)(H,33,34)(H,35,36). The van der Waals surface area contributed by atoms with Crippen LogP contribution in [0.4, 0.5) is 23.7 Å². The molecule has 10 nitrogen and oxygen atoms in total. The van der Waals surface area contributed by atoms with E-state index in [4.69, 9.17) is 5.26 Å². The normalized spacial score (nSPS) is 16.1. The van der Waals surface area contributed by atoms with Gasteiger partial charge in [0, 0.05) is 12.1 Å². The van der Waals surface area contributed by atoms with Crippen LogP contribution in [0.25, 0.3) is 0 Å². The van der Waals surface area contributed by atoms with Crippen LogP contribution in [0.3, 0.4) is 0 Å². The summed E-state index contributed by atoms with van der Waals surface area (Å²) < 4.78 is 39.9. The van der Waals surface area contributed by atoms with Crippen LogP contribution >= 0.6 is 0 Å². The number of carboxylic acid groups (broad SMARTS) is 3. The topological polar surface area (TPSA) is 168 Å². The fourth-order valence-corrected chi connectivity index (χ4v) is 3.96. The molecule has 1 unspecified atom stereocenters. The molecule has 0 aliphatic carbocycles. The number of benzene rings is 2. The minimum absolute atomic E-state index is 0.162. The highest BCUT2D eigenvalue weighted by Gasteiger charge is 2.56. The average Bonchev–Trinajstić information content (AvgIpc) is 2.82. The number of allylic oxidation sites excluding steroid dienone is 1. The van der Waals surface area contributed by atoms with Gasteiger partial charge in [0.15, 0.2) is 0 Å². The third-order valence-corrected chi connectivity index (χ3v) is 5.98. The molecule has 1 aliphatic heterocycles. The lowest BCUT2D eigenvalue weighted by Crippen LogP contribution is -2.51. The van der Waals surface area contributed by atoms with E-state index in [9.17, 15) is 47.7 Å². The summed E-state index contributed by atoms with van der Waals surface area (Å²) in [5, 5.41) is 40.4. The molecule has 1 heterocycles. The Morgan fingerprint density at radius 3 is 2.08 bits per heavy atom. The van der Waals surface area contributed by atoms with E-state index in [0.717, 1.165) is 17.0 Å². The lowest BCUT2D eigenvalue weighted by atomic mass is 9.77. The molecular weight excluding hydrogens is 499 g/mol. The summed E-state index contributed by atoms with van der Waals surface area (Å²) in [5.74, 6) is -6.56. The third-order valence-electron chi connectivity index (χ3n) is 5.98. The van der Waals surface area contributed by atoms with Gasteiger partial charge in [-0.25, -0.2) is 4.79 Å². The Balaban J connectivity index is 2.27. The molecule has 2 aromatic rings. The first kappa shape index (κ1) is 26.7. The molecule has 2 aromatic carbocycles. The van der Waals surface area contributed by atoms with Crippen LogP contribution in [0.2, 0.25) is 0 Å². The molecule has 0 aromatic heterocycles.